The number of methoxy groups -OCH3 is 1. The second-order valence-electron chi connectivity index (χ2n) is 7.25. The highest BCUT2D eigenvalue weighted by molar-refractivity contribution is 7.91. The van der Waals surface area contributed by atoms with E-state index in [-0.39, 0.29) is 23.5 Å². The van der Waals surface area contributed by atoms with E-state index in [1.807, 2.05) is 30.3 Å². The van der Waals surface area contributed by atoms with Crippen molar-refractivity contribution < 1.29 is 17.9 Å². The van der Waals surface area contributed by atoms with Gasteiger partial charge < -0.3 is 9.64 Å². The van der Waals surface area contributed by atoms with Crippen molar-refractivity contribution >= 4 is 15.7 Å². The van der Waals surface area contributed by atoms with Gasteiger partial charge in [0, 0.05) is 25.3 Å². The van der Waals surface area contributed by atoms with Crippen LogP contribution in [0.25, 0.3) is 11.1 Å². The Kier molecular flexibility index (Phi) is 4.78. The molecular formula is C21H23NO4S. The van der Waals surface area contributed by atoms with Gasteiger partial charge in [0.2, 0.25) is 0 Å². The normalized spacial score (nSPS) is 19.5. The lowest BCUT2D eigenvalue weighted by molar-refractivity contribution is 0.0624. The molecule has 0 aromatic heterocycles. The van der Waals surface area contributed by atoms with Crippen LogP contribution in [0.2, 0.25) is 0 Å². The molecule has 2 aliphatic rings. The summed E-state index contributed by atoms with van der Waals surface area (Å²) in [6.07, 6.45) is 1.32. The van der Waals surface area contributed by atoms with Crippen molar-refractivity contribution in [3.8, 4) is 11.1 Å². The van der Waals surface area contributed by atoms with Crippen molar-refractivity contribution in [3.63, 3.8) is 0 Å². The van der Waals surface area contributed by atoms with E-state index in [0.29, 0.717) is 25.1 Å². The highest BCUT2D eigenvalue weighted by Gasteiger charge is 2.35. The van der Waals surface area contributed by atoms with Crippen LogP contribution >= 0.6 is 0 Å². The molecule has 2 aromatic carbocycles. The summed E-state index contributed by atoms with van der Waals surface area (Å²) in [6, 6.07) is 13.8. The number of ether oxygens (including phenoxy) is 1. The van der Waals surface area contributed by atoms with E-state index in [0.717, 1.165) is 12.0 Å². The van der Waals surface area contributed by atoms with Gasteiger partial charge in [-0.2, -0.15) is 0 Å². The van der Waals surface area contributed by atoms with Gasteiger partial charge in [-0.25, -0.2) is 8.42 Å². The molecule has 0 bridgehead atoms. The number of carbonyl (C=O) groups is 1. The minimum Gasteiger partial charge on any atom is -0.383 e. The van der Waals surface area contributed by atoms with Crippen LogP contribution < -0.4 is 0 Å². The quantitative estimate of drug-likeness (QED) is 0.677. The minimum atomic E-state index is -3.06. The largest absolute Gasteiger partial charge is 0.383 e. The Balaban J connectivity index is 1.61. The Morgan fingerprint density at radius 3 is 2.67 bits per heavy atom. The van der Waals surface area contributed by atoms with E-state index in [9.17, 15) is 13.2 Å². The molecule has 1 heterocycles. The summed E-state index contributed by atoms with van der Waals surface area (Å²) in [5, 5.41) is 0. The predicted octanol–water partition coefficient (Wildman–Crippen LogP) is 2.53. The van der Waals surface area contributed by atoms with Crippen molar-refractivity contribution in [1.29, 1.82) is 0 Å². The fraction of sp³-hybridized carbons (Fsp3) is 0.381. The Bertz CT molecular complexity index is 983. The molecule has 0 radical (unpaired) electrons. The standard InChI is InChI=1S/C21H23NO4S/c1-26-10-9-22(18-8-11-27(24,25)14-18)21(23)16-6-7-20-17(13-16)12-15-4-2-3-5-19(15)20/h2-7,13,18H,8-12,14H2,1H3. The molecule has 5 nitrogen and oxygen atoms in total. The maximum atomic E-state index is 13.2. The number of fused-ring (bicyclic) bond motifs is 3. The molecule has 1 unspecified atom stereocenters. The van der Waals surface area contributed by atoms with Gasteiger partial charge in [0.1, 0.15) is 0 Å². The van der Waals surface area contributed by atoms with Crippen LogP contribution in [-0.2, 0) is 21.0 Å². The maximum Gasteiger partial charge on any atom is 0.254 e. The molecule has 4 rings (SSSR count). The zero-order chi connectivity index (χ0) is 19.0. The van der Waals surface area contributed by atoms with Gasteiger partial charge >= 0.3 is 0 Å². The number of benzene rings is 2. The lowest BCUT2D eigenvalue weighted by Gasteiger charge is -2.28. The van der Waals surface area contributed by atoms with Gasteiger partial charge in [0.15, 0.2) is 9.84 Å². The first kappa shape index (κ1) is 18.2. The van der Waals surface area contributed by atoms with Gasteiger partial charge in [-0.15, -0.1) is 0 Å². The summed E-state index contributed by atoms with van der Waals surface area (Å²) in [6.45, 7) is 0.783. The van der Waals surface area contributed by atoms with Gasteiger partial charge in [-0.3, -0.25) is 4.79 Å². The van der Waals surface area contributed by atoms with E-state index >= 15 is 0 Å². The maximum absolute atomic E-state index is 13.2. The summed E-state index contributed by atoms with van der Waals surface area (Å²) in [5.74, 6) is 0.0696. The molecule has 2 aromatic rings. The van der Waals surface area contributed by atoms with Crippen LogP contribution in [0.15, 0.2) is 42.5 Å². The molecule has 27 heavy (non-hydrogen) atoms. The molecule has 6 heteroatoms. The molecule has 142 valence electrons. The average molecular weight is 385 g/mol. The predicted molar refractivity (Wildman–Crippen MR) is 105 cm³/mol. The van der Waals surface area contributed by atoms with E-state index < -0.39 is 9.84 Å². The van der Waals surface area contributed by atoms with Crippen molar-refractivity contribution in [1.82, 2.24) is 4.90 Å². The molecule has 1 aliphatic heterocycles. The Hall–Kier alpha value is -2.18. The summed E-state index contributed by atoms with van der Waals surface area (Å²) >= 11 is 0. The molecule has 1 saturated heterocycles. The highest BCUT2D eigenvalue weighted by atomic mass is 32.2. The van der Waals surface area contributed by atoms with Crippen LogP contribution in [0.1, 0.15) is 27.9 Å². The van der Waals surface area contributed by atoms with E-state index in [2.05, 4.69) is 12.1 Å². The first-order chi connectivity index (χ1) is 13.0. The summed E-state index contributed by atoms with van der Waals surface area (Å²) in [7, 11) is -1.48. The van der Waals surface area contributed by atoms with Crippen LogP contribution in [-0.4, -0.2) is 57.0 Å². The topological polar surface area (TPSA) is 63.7 Å². The van der Waals surface area contributed by atoms with Crippen molar-refractivity contribution in [2.75, 3.05) is 31.8 Å². The third-order valence-electron chi connectivity index (χ3n) is 5.49. The average Bonchev–Trinajstić information content (AvgIpc) is 3.21. The minimum absolute atomic E-state index is 0.0405. The monoisotopic (exact) mass is 385 g/mol. The van der Waals surface area contributed by atoms with Crippen LogP contribution in [0, 0.1) is 0 Å². The Morgan fingerprint density at radius 1 is 1.15 bits per heavy atom. The number of rotatable bonds is 5. The molecule has 0 spiro atoms. The van der Waals surface area contributed by atoms with Crippen LogP contribution in [0.3, 0.4) is 0 Å². The van der Waals surface area contributed by atoms with Gasteiger partial charge in [0.05, 0.1) is 18.1 Å². The van der Waals surface area contributed by atoms with Crippen molar-refractivity contribution in [2.24, 2.45) is 0 Å². The highest BCUT2D eigenvalue weighted by Crippen LogP contribution is 2.37. The number of hydrogen-bond acceptors (Lipinski definition) is 4. The zero-order valence-corrected chi connectivity index (χ0v) is 16.2. The fourth-order valence-corrected chi connectivity index (χ4v) is 5.84. The summed E-state index contributed by atoms with van der Waals surface area (Å²) in [5.41, 5.74) is 5.43. The third kappa shape index (κ3) is 3.51. The molecule has 1 atom stereocenters. The first-order valence-corrected chi connectivity index (χ1v) is 11.0. The smallest absolute Gasteiger partial charge is 0.254 e. The SMILES string of the molecule is COCCN(C(=O)c1ccc2c(c1)Cc1ccccc1-2)C1CCS(=O)(=O)C1. The zero-order valence-electron chi connectivity index (χ0n) is 15.3. The number of sulfone groups is 1. The molecule has 0 saturated carbocycles. The van der Waals surface area contributed by atoms with Crippen LogP contribution in [0.4, 0.5) is 0 Å². The van der Waals surface area contributed by atoms with E-state index in [4.69, 9.17) is 4.74 Å². The third-order valence-corrected chi connectivity index (χ3v) is 7.24. The van der Waals surface area contributed by atoms with E-state index in [1.165, 1.54) is 16.7 Å². The molecular weight excluding hydrogens is 362 g/mol. The molecule has 1 aliphatic carbocycles. The lowest BCUT2D eigenvalue weighted by atomic mass is 10.0. The van der Waals surface area contributed by atoms with Gasteiger partial charge in [-0.1, -0.05) is 30.3 Å². The number of amides is 1. The number of hydrogen-bond donors (Lipinski definition) is 0. The van der Waals surface area contributed by atoms with Crippen molar-refractivity contribution in [2.45, 2.75) is 18.9 Å². The van der Waals surface area contributed by atoms with Gasteiger partial charge in [-0.05, 0) is 47.2 Å². The summed E-state index contributed by atoms with van der Waals surface area (Å²) < 4.78 is 28.9. The second kappa shape index (κ2) is 7.09. The number of carbonyl (C=O) groups excluding carboxylic acids is 1. The molecule has 1 amide bonds. The second-order valence-corrected chi connectivity index (χ2v) is 9.48. The van der Waals surface area contributed by atoms with Crippen LogP contribution in [0.5, 0.6) is 0 Å². The van der Waals surface area contributed by atoms with Crippen molar-refractivity contribution in [3.05, 3.63) is 59.2 Å². The Labute approximate surface area is 159 Å². The Morgan fingerprint density at radius 2 is 1.93 bits per heavy atom. The first-order valence-electron chi connectivity index (χ1n) is 9.20. The lowest BCUT2D eigenvalue weighted by Crippen LogP contribution is -2.43. The fourth-order valence-electron chi connectivity index (χ4n) is 4.10. The summed E-state index contributed by atoms with van der Waals surface area (Å²) in [4.78, 5) is 14.9. The molecule has 0 N–H and O–H groups in total. The number of nitrogens with zero attached hydrogens (tertiary/aromatic N) is 1. The molecule has 1 fully saturated rings. The van der Waals surface area contributed by atoms with E-state index in [1.54, 1.807) is 12.0 Å². The van der Waals surface area contributed by atoms with Gasteiger partial charge in [0.25, 0.3) is 5.91 Å².